The molecule has 166 valence electrons. The smallest absolute Gasteiger partial charge is 0.244 e. The van der Waals surface area contributed by atoms with Crippen LogP contribution in [0.5, 0.6) is 0 Å². The molecule has 0 unspecified atom stereocenters. The number of pyridine rings is 1. The van der Waals surface area contributed by atoms with Crippen LogP contribution in [0.1, 0.15) is 13.3 Å². The third kappa shape index (κ3) is 5.25. The van der Waals surface area contributed by atoms with E-state index in [0.29, 0.717) is 43.1 Å². The van der Waals surface area contributed by atoms with E-state index in [4.69, 9.17) is 4.74 Å². The highest BCUT2D eigenvalue weighted by molar-refractivity contribution is 8.00. The van der Waals surface area contributed by atoms with Crippen molar-refractivity contribution in [3.63, 3.8) is 0 Å². The number of carbonyl (C=O) groups excluding carboxylic acids is 1. The fourth-order valence-electron chi connectivity index (χ4n) is 3.50. The molecular formula is C21H25N3O4S3. The van der Waals surface area contributed by atoms with Gasteiger partial charge >= 0.3 is 0 Å². The van der Waals surface area contributed by atoms with Crippen molar-refractivity contribution in [3.05, 3.63) is 42.6 Å². The summed E-state index contributed by atoms with van der Waals surface area (Å²) in [5, 5.41) is 1.08. The van der Waals surface area contributed by atoms with Gasteiger partial charge in [-0.3, -0.25) is 4.79 Å². The van der Waals surface area contributed by atoms with Gasteiger partial charge in [-0.1, -0.05) is 30.8 Å². The lowest BCUT2D eigenvalue weighted by Gasteiger charge is -2.25. The first-order valence-corrected chi connectivity index (χ1v) is 13.5. The van der Waals surface area contributed by atoms with Crippen LogP contribution in [-0.2, 0) is 19.6 Å². The van der Waals surface area contributed by atoms with Crippen molar-refractivity contribution in [3.8, 4) is 0 Å². The number of fused-ring (bicyclic) bond motifs is 1. The number of morpholine rings is 1. The Balaban J connectivity index is 1.41. The van der Waals surface area contributed by atoms with Gasteiger partial charge in [-0.15, -0.1) is 11.8 Å². The van der Waals surface area contributed by atoms with Crippen LogP contribution in [0.15, 0.2) is 57.4 Å². The van der Waals surface area contributed by atoms with Gasteiger partial charge in [0.25, 0.3) is 0 Å². The van der Waals surface area contributed by atoms with Gasteiger partial charge < -0.3 is 9.64 Å². The Bertz CT molecular complexity index is 1020. The zero-order valence-electron chi connectivity index (χ0n) is 17.3. The first kappa shape index (κ1) is 22.6. The van der Waals surface area contributed by atoms with E-state index in [1.807, 2.05) is 23.1 Å². The topological polar surface area (TPSA) is 79.8 Å². The highest BCUT2D eigenvalue weighted by Crippen LogP contribution is 2.37. The molecule has 0 bridgehead atoms. The number of aromatic nitrogens is 1. The van der Waals surface area contributed by atoms with Crippen LogP contribution in [0.2, 0.25) is 0 Å². The summed E-state index contributed by atoms with van der Waals surface area (Å²) in [4.78, 5) is 20.4. The standard InChI is InChI=1S/C21H25N3O4S3/c1-16-8-9-24(18-4-2-3-5-19(18)30-16)21(25)15-29-20-7-6-17(14-22-20)31(26,27)23-10-12-28-13-11-23/h2-7,14,16H,8-13,15H2,1H3/t16-/m0/s1. The van der Waals surface area contributed by atoms with E-state index in [9.17, 15) is 13.2 Å². The SMILES string of the molecule is C[C@H]1CCN(C(=O)CSc2ccc(S(=O)(=O)N3CCOCC3)cn2)c2ccccc2S1. The molecule has 10 heteroatoms. The fourth-order valence-corrected chi connectivity index (χ4v) is 6.69. The van der Waals surface area contributed by atoms with E-state index < -0.39 is 10.0 Å². The summed E-state index contributed by atoms with van der Waals surface area (Å²) in [6.45, 7) is 4.37. The molecule has 1 atom stereocenters. The van der Waals surface area contributed by atoms with Crippen LogP contribution in [0.25, 0.3) is 0 Å². The zero-order valence-corrected chi connectivity index (χ0v) is 19.7. The number of anilines is 1. The molecule has 0 aliphatic carbocycles. The van der Waals surface area contributed by atoms with Gasteiger partial charge in [-0.25, -0.2) is 13.4 Å². The van der Waals surface area contributed by atoms with E-state index in [0.717, 1.165) is 17.0 Å². The van der Waals surface area contributed by atoms with Gasteiger partial charge in [-0.2, -0.15) is 4.31 Å². The molecule has 1 aromatic carbocycles. The summed E-state index contributed by atoms with van der Waals surface area (Å²) < 4.78 is 32.1. The zero-order chi connectivity index (χ0) is 21.8. The molecule has 1 fully saturated rings. The third-order valence-electron chi connectivity index (χ3n) is 5.21. The monoisotopic (exact) mass is 479 g/mol. The number of para-hydroxylation sites is 1. The number of thioether (sulfide) groups is 2. The Kier molecular flexibility index (Phi) is 7.22. The number of benzene rings is 1. The fraction of sp³-hybridized carbons (Fsp3) is 0.429. The molecule has 7 nitrogen and oxygen atoms in total. The maximum Gasteiger partial charge on any atom is 0.244 e. The van der Waals surface area contributed by atoms with Crippen molar-refractivity contribution in [1.29, 1.82) is 0 Å². The lowest BCUT2D eigenvalue weighted by atomic mass is 10.2. The molecule has 1 aromatic heterocycles. The summed E-state index contributed by atoms with van der Waals surface area (Å²) >= 11 is 3.12. The lowest BCUT2D eigenvalue weighted by molar-refractivity contribution is -0.116. The van der Waals surface area contributed by atoms with Gasteiger partial charge in [0.05, 0.1) is 29.7 Å². The van der Waals surface area contributed by atoms with Crippen LogP contribution >= 0.6 is 23.5 Å². The minimum atomic E-state index is -3.57. The van der Waals surface area contributed by atoms with Crippen molar-refractivity contribution in [1.82, 2.24) is 9.29 Å². The average molecular weight is 480 g/mol. The van der Waals surface area contributed by atoms with E-state index in [2.05, 4.69) is 18.0 Å². The van der Waals surface area contributed by atoms with Crippen LogP contribution < -0.4 is 4.90 Å². The third-order valence-corrected chi connectivity index (χ3v) is 9.25. The maximum atomic E-state index is 13.0. The van der Waals surface area contributed by atoms with E-state index >= 15 is 0 Å². The second kappa shape index (κ2) is 9.91. The molecule has 1 saturated heterocycles. The average Bonchev–Trinajstić information content (AvgIpc) is 2.96. The van der Waals surface area contributed by atoms with Crippen LogP contribution in [0, 0.1) is 0 Å². The first-order valence-electron chi connectivity index (χ1n) is 10.2. The van der Waals surface area contributed by atoms with Crippen molar-refractivity contribution < 1.29 is 17.9 Å². The minimum absolute atomic E-state index is 0.0268. The minimum Gasteiger partial charge on any atom is -0.379 e. The normalized spacial score (nSPS) is 20.2. The second-order valence-corrected chi connectivity index (χ2v) is 11.8. The summed E-state index contributed by atoms with van der Waals surface area (Å²) in [5.41, 5.74) is 0.961. The van der Waals surface area contributed by atoms with Crippen molar-refractivity contribution in [2.75, 3.05) is 43.5 Å². The van der Waals surface area contributed by atoms with Crippen LogP contribution in [-0.4, -0.2) is 67.5 Å². The van der Waals surface area contributed by atoms with Crippen LogP contribution in [0.3, 0.4) is 0 Å². The number of carbonyl (C=O) groups is 1. The number of ether oxygens (including phenoxy) is 1. The Labute approximate surface area is 191 Å². The number of amides is 1. The van der Waals surface area contributed by atoms with Gasteiger partial charge in [0, 0.05) is 36.0 Å². The van der Waals surface area contributed by atoms with Gasteiger partial charge in [-0.05, 0) is 30.7 Å². The molecule has 0 saturated carbocycles. The molecule has 2 aromatic rings. The second-order valence-electron chi connectivity index (χ2n) is 7.37. The largest absolute Gasteiger partial charge is 0.379 e. The Morgan fingerprint density at radius 1 is 1.19 bits per heavy atom. The Morgan fingerprint density at radius 3 is 2.71 bits per heavy atom. The lowest BCUT2D eigenvalue weighted by Crippen LogP contribution is -2.40. The summed E-state index contributed by atoms with van der Waals surface area (Å²) in [5.74, 6) is 0.273. The number of sulfonamides is 1. The summed E-state index contributed by atoms with van der Waals surface area (Å²) in [6, 6.07) is 11.2. The molecular weight excluding hydrogens is 454 g/mol. The quantitative estimate of drug-likeness (QED) is 0.610. The van der Waals surface area contributed by atoms with E-state index in [1.165, 1.54) is 22.3 Å². The van der Waals surface area contributed by atoms with Gasteiger partial charge in [0.15, 0.2) is 0 Å². The molecule has 31 heavy (non-hydrogen) atoms. The predicted molar refractivity (Wildman–Crippen MR) is 123 cm³/mol. The number of rotatable bonds is 5. The molecule has 3 heterocycles. The van der Waals surface area contributed by atoms with Crippen molar-refractivity contribution >= 4 is 45.1 Å². The van der Waals surface area contributed by atoms with Crippen molar-refractivity contribution in [2.45, 2.75) is 33.4 Å². The first-order chi connectivity index (χ1) is 14.9. The number of nitrogens with zero attached hydrogens (tertiary/aromatic N) is 3. The Hall–Kier alpha value is -1.59. The van der Waals surface area contributed by atoms with E-state index in [-0.39, 0.29) is 16.6 Å². The molecule has 4 rings (SSSR count). The number of hydrogen-bond acceptors (Lipinski definition) is 7. The molecule has 2 aliphatic rings. The molecule has 0 radical (unpaired) electrons. The maximum absolute atomic E-state index is 13.0. The van der Waals surface area contributed by atoms with Gasteiger partial charge in [0.1, 0.15) is 4.90 Å². The molecule has 2 aliphatic heterocycles. The number of hydrogen-bond donors (Lipinski definition) is 0. The predicted octanol–water partition coefficient (Wildman–Crippen LogP) is 3.11. The van der Waals surface area contributed by atoms with Crippen LogP contribution in [0.4, 0.5) is 5.69 Å². The molecule has 0 spiro atoms. The molecule has 1 amide bonds. The Morgan fingerprint density at radius 2 is 1.97 bits per heavy atom. The summed E-state index contributed by atoms with van der Waals surface area (Å²) in [7, 11) is -3.57. The van der Waals surface area contributed by atoms with Gasteiger partial charge in [0.2, 0.25) is 15.9 Å². The summed E-state index contributed by atoms with van der Waals surface area (Å²) in [6.07, 6.45) is 2.30. The highest BCUT2D eigenvalue weighted by Gasteiger charge is 2.27. The highest BCUT2D eigenvalue weighted by atomic mass is 32.2. The molecule has 0 N–H and O–H groups in total. The van der Waals surface area contributed by atoms with Crippen molar-refractivity contribution in [2.24, 2.45) is 0 Å². The van der Waals surface area contributed by atoms with E-state index in [1.54, 1.807) is 23.9 Å².